The molecule has 0 radical (unpaired) electrons. The molecule has 0 spiro atoms. The highest BCUT2D eigenvalue weighted by atomic mass is 15.3. The molecule has 0 atom stereocenters. The van der Waals surface area contributed by atoms with Crippen molar-refractivity contribution in [1.29, 1.82) is 0 Å². The van der Waals surface area contributed by atoms with E-state index in [-0.39, 0.29) is 0 Å². The normalized spacial score (nSPS) is 14.8. The molecule has 86 valence electrons. The first-order valence-corrected chi connectivity index (χ1v) is 5.74. The highest BCUT2D eigenvalue weighted by Gasteiger charge is 2.14. The molecule has 2 heterocycles. The van der Waals surface area contributed by atoms with Crippen molar-refractivity contribution < 1.29 is 0 Å². The van der Waals surface area contributed by atoms with E-state index < -0.39 is 0 Å². The maximum absolute atomic E-state index is 3.76. The standard InChI is InChI=1S/C14H15N3/c1-2-8-16-9-10-17(11-16)14-5-3-4-13-12(14)6-7-15-13/h2-7,9-10,15H,1,8,11H2. The summed E-state index contributed by atoms with van der Waals surface area (Å²) in [5, 5.41) is 1.26. The third-order valence-corrected chi connectivity index (χ3v) is 3.04. The van der Waals surface area contributed by atoms with Gasteiger partial charge in [-0.25, -0.2) is 0 Å². The first-order valence-electron chi connectivity index (χ1n) is 5.74. The van der Waals surface area contributed by atoms with Gasteiger partial charge in [0, 0.05) is 36.0 Å². The van der Waals surface area contributed by atoms with Crippen molar-refractivity contribution in [2.75, 3.05) is 18.1 Å². The molecule has 1 aromatic carbocycles. The quantitative estimate of drug-likeness (QED) is 0.811. The Morgan fingerprint density at radius 1 is 1.29 bits per heavy atom. The summed E-state index contributed by atoms with van der Waals surface area (Å²) in [6.07, 6.45) is 8.12. The van der Waals surface area contributed by atoms with Gasteiger partial charge < -0.3 is 14.8 Å². The number of aromatic amines is 1. The lowest BCUT2D eigenvalue weighted by Gasteiger charge is -2.20. The zero-order chi connectivity index (χ0) is 11.7. The van der Waals surface area contributed by atoms with Crippen molar-refractivity contribution in [2.24, 2.45) is 0 Å². The second-order valence-corrected chi connectivity index (χ2v) is 4.19. The second-order valence-electron chi connectivity index (χ2n) is 4.19. The maximum atomic E-state index is 3.76. The molecule has 1 aliphatic rings. The Bertz CT molecular complexity index is 568. The van der Waals surface area contributed by atoms with Gasteiger partial charge in [0.2, 0.25) is 0 Å². The monoisotopic (exact) mass is 225 g/mol. The van der Waals surface area contributed by atoms with Crippen LogP contribution in [0.2, 0.25) is 0 Å². The summed E-state index contributed by atoms with van der Waals surface area (Å²) in [7, 11) is 0. The average molecular weight is 225 g/mol. The minimum absolute atomic E-state index is 0.885. The number of hydrogen-bond donors (Lipinski definition) is 1. The Hall–Kier alpha value is -2.16. The van der Waals surface area contributed by atoms with Crippen molar-refractivity contribution in [3.8, 4) is 0 Å². The van der Waals surface area contributed by atoms with E-state index in [0.29, 0.717) is 0 Å². The highest BCUT2D eigenvalue weighted by molar-refractivity contribution is 5.92. The molecule has 0 saturated heterocycles. The number of nitrogens with zero attached hydrogens (tertiary/aromatic N) is 2. The van der Waals surface area contributed by atoms with E-state index in [1.54, 1.807) is 0 Å². The van der Waals surface area contributed by atoms with Crippen molar-refractivity contribution in [2.45, 2.75) is 0 Å². The van der Waals surface area contributed by atoms with Crippen molar-refractivity contribution in [3.05, 3.63) is 55.5 Å². The smallest absolute Gasteiger partial charge is 0.0945 e. The number of benzene rings is 1. The van der Waals surface area contributed by atoms with Crippen LogP contribution in [0.25, 0.3) is 10.9 Å². The Labute approximate surface area is 101 Å². The van der Waals surface area contributed by atoms with Gasteiger partial charge in [0.15, 0.2) is 0 Å². The van der Waals surface area contributed by atoms with Crippen molar-refractivity contribution in [1.82, 2.24) is 9.88 Å². The lowest BCUT2D eigenvalue weighted by atomic mass is 10.2. The molecule has 0 fully saturated rings. The minimum Gasteiger partial charge on any atom is -0.361 e. The van der Waals surface area contributed by atoms with Crippen LogP contribution in [0, 0.1) is 0 Å². The van der Waals surface area contributed by atoms with Gasteiger partial charge in [0.25, 0.3) is 0 Å². The largest absolute Gasteiger partial charge is 0.361 e. The molecule has 1 aliphatic heterocycles. The Balaban J connectivity index is 1.93. The molecule has 0 bridgehead atoms. The van der Waals surface area contributed by atoms with Crippen LogP contribution in [0.3, 0.4) is 0 Å². The number of rotatable bonds is 3. The van der Waals surface area contributed by atoms with E-state index in [1.807, 2.05) is 12.3 Å². The van der Waals surface area contributed by atoms with Crippen LogP contribution in [0.5, 0.6) is 0 Å². The van der Waals surface area contributed by atoms with Crippen LogP contribution in [0.1, 0.15) is 0 Å². The summed E-state index contributed by atoms with van der Waals surface area (Å²) in [5.74, 6) is 0. The second kappa shape index (κ2) is 4.01. The number of nitrogens with one attached hydrogen (secondary N) is 1. The van der Waals surface area contributed by atoms with Crippen LogP contribution in [-0.4, -0.2) is 23.1 Å². The summed E-state index contributed by atoms with van der Waals surface area (Å²) in [4.78, 5) is 7.71. The first kappa shape index (κ1) is 10.0. The highest BCUT2D eigenvalue weighted by Crippen LogP contribution is 2.28. The SMILES string of the molecule is C=CCN1C=CN(c2cccc3[nH]ccc23)C1. The summed E-state index contributed by atoms with van der Waals surface area (Å²) >= 11 is 0. The Morgan fingerprint density at radius 2 is 2.24 bits per heavy atom. The van der Waals surface area contributed by atoms with Gasteiger partial charge in [-0.05, 0) is 18.2 Å². The molecular weight excluding hydrogens is 210 g/mol. The average Bonchev–Trinajstić information content (AvgIpc) is 2.96. The van der Waals surface area contributed by atoms with E-state index in [9.17, 15) is 0 Å². The molecule has 3 heteroatoms. The third kappa shape index (κ3) is 1.69. The number of hydrogen-bond acceptors (Lipinski definition) is 2. The van der Waals surface area contributed by atoms with E-state index in [0.717, 1.165) is 13.2 Å². The fraction of sp³-hybridized carbons (Fsp3) is 0.143. The molecule has 3 nitrogen and oxygen atoms in total. The summed E-state index contributed by atoms with van der Waals surface area (Å²) in [6.45, 7) is 5.53. The zero-order valence-electron chi connectivity index (χ0n) is 9.63. The van der Waals surface area contributed by atoms with Crippen LogP contribution in [-0.2, 0) is 0 Å². The van der Waals surface area contributed by atoms with E-state index in [2.05, 4.69) is 58.0 Å². The van der Waals surface area contributed by atoms with Crippen molar-refractivity contribution in [3.63, 3.8) is 0 Å². The number of anilines is 1. The molecule has 0 amide bonds. The minimum atomic E-state index is 0.885. The third-order valence-electron chi connectivity index (χ3n) is 3.04. The Kier molecular flexibility index (Phi) is 2.37. The van der Waals surface area contributed by atoms with Gasteiger partial charge >= 0.3 is 0 Å². The molecule has 0 unspecified atom stereocenters. The maximum Gasteiger partial charge on any atom is 0.0945 e. The predicted molar refractivity (Wildman–Crippen MR) is 71.7 cm³/mol. The molecular formula is C14H15N3. The molecule has 0 saturated carbocycles. The Morgan fingerprint density at radius 3 is 3.12 bits per heavy atom. The molecule has 0 aliphatic carbocycles. The topological polar surface area (TPSA) is 22.3 Å². The van der Waals surface area contributed by atoms with Gasteiger partial charge in [-0.3, -0.25) is 0 Å². The first-order chi connectivity index (χ1) is 8.38. The van der Waals surface area contributed by atoms with Gasteiger partial charge in [0.05, 0.1) is 12.4 Å². The van der Waals surface area contributed by atoms with Crippen LogP contribution in [0.15, 0.2) is 55.5 Å². The molecule has 17 heavy (non-hydrogen) atoms. The van der Waals surface area contributed by atoms with Crippen LogP contribution in [0.4, 0.5) is 5.69 Å². The number of fused-ring (bicyclic) bond motifs is 1. The number of aromatic nitrogens is 1. The van der Waals surface area contributed by atoms with Crippen molar-refractivity contribution >= 4 is 16.6 Å². The molecule has 1 N–H and O–H groups in total. The summed E-state index contributed by atoms with van der Waals surface area (Å²) in [5.41, 5.74) is 2.42. The summed E-state index contributed by atoms with van der Waals surface area (Å²) in [6, 6.07) is 8.45. The molecule has 1 aromatic heterocycles. The summed E-state index contributed by atoms with van der Waals surface area (Å²) < 4.78 is 0. The fourth-order valence-corrected chi connectivity index (χ4v) is 2.22. The fourth-order valence-electron chi connectivity index (χ4n) is 2.22. The van der Waals surface area contributed by atoms with Gasteiger partial charge in [-0.15, -0.1) is 6.58 Å². The van der Waals surface area contributed by atoms with E-state index >= 15 is 0 Å². The molecule has 2 aromatic rings. The predicted octanol–water partition coefficient (Wildman–Crippen LogP) is 2.90. The zero-order valence-corrected chi connectivity index (χ0v) is 9.63. The lowest BCUT2D eigenvalue weighted by Crippen LogP contribution is -2.24. The van der Waals surface area contributed by atoms with E-state index in [1.165, 1.54) is 16.6 Å². The van der Waals surface area contributed by atoms with Gasteiger partial charge in [-0.1, -0.05) is 12.1 Å². The molecule has 3 rings (SSSR count). The van der Waals surface area contributed by atoms with Crippen LogP contribution >= 0.6 is 0 Å². The van der Waals surface area contributed by atoms with Gasteiger partial charge in [-0.2, -0.15) is 0 Å². The number of H-pyrrole nitrogens is 1. The van der Waals surface area contributed by atoms with Crippen LogP contribution < -0.4 is 4.90 Å². The van der Waals surface area contributed by atoms with E-state index in [4.69, 9.17) is 0 Å². The lowest BCUT2D eigenvalue weighted by molar-refractivity contribution is 0.451. The van der Waals surface area contributed by atoms with Gasteiger partial charge in [0.1, 0.15) is 0 Å².